The highest BCUT2D eigenvalue weighted by molar-refractivity contribution is 5.89. The van der Waals surface area contributed by atoms with Gasteiger partial charge < -0.3 is 15.7 Å². The van der Waals surface area contributed by atoms with Gasteiger partial charge in [0, 0.05) is 18.6 Å². The third-order valence-corrected chi connectivity index (χ3v) is 3.17. The molecule has 2 amide bonds. The summed E-state index contributed by atoms with van der Waals surface area (Å²) in [6.45, 7) is 11.9. The Hall–Kier alpha value is -1.10. The maximum absolute atomic E-state index is 12.0. The Morgan fingerprint density at radius 2 is 1.70 bits per heavy atom. The normalized spacial score (nSPS) is 13.8. The van der Waals surface area contributed by atoms with E-state index in [-0.39, 0.29) is 23.8 Å². The van der Waals surface area contributed by atoms with Crippen LogP contribution in [0.5, 0.6) is 0 Å². The van der Waals surface area contributed by atoms with Gasteiger partial charge in [0.15, 0.2) is 0 Å². The van der Waals surface area contributed by atoms with E-state index in [0.717, 1.165) is 12.8 Å². The molecule has 0 aliphatic carbocycles. The van der Waals surface area contributed by atoms with E-state index in [2.05, 4.69) is 10.6 Å². The highest BCUT2D eigenvalue weighted by atomic mass is 16.3. The Kier molecular flexibility index (Phi) is 7.20. The molecule has 5 heteroatoms. The van der Waals surface area contributed by atoms with Gasteiger partial charge in [-0.3, -0.25) is 9.59 Å². The molecule has 0 saturated carbocycles. The summed E-state index contributed by atoms with van der Waals surface area (Å²) in [5.41, 5.74) is -0.568. The molecule has 0 fully saturated rings. The Balaban J connectivity index is 4.24. The van der Waals surface area contributed by atoms with Crippen molar-refractivity contribution in [3.05, 3.63) is 0 Å². The summed E-state index contributed by atoms with van der Waals surface area (Å²) in [7, 11) is 0. The van der Waals surface area contributed by atoms with Crippen molar-refractivity contribution in [1.82, 2.24) is 10.6 Å². The number of carbonyl (C=O) groups is 2. The van der Waals surface area contributed by atoms with E-state index < -0.39 is 11.5 Å². The van der Waals surface area contributed by atoms with Crippen molar-refractivity contribution in [3.63, 3.8) is 0 Å². The molecule has 20 heavy (non-hydrogen) atoms. The first-order valence-electron chi connectivity index (χ1n) is 7.19. The Labute approximate surface area is 122 Å². The molecule has 0 spiro atoms. The highest BCUT2D eigenvalue weighted by Crippen LogP contribution is 2.20. The van der Waals surface area contributed by atoms with Crippen LogP contribution >= 0.6 is 0 Å². The molecule has 5 nitrogen and oxygen atoms in total. The zero-order chi connectivity index (χ0) is 16.0. The fourth-order valence-corrected chi connectivity index (χ4v) is 1.60. The number of rotatable bonds is 7. The van der Waals surface area contributed by atoms with E-state index in [1.54, 1.807) is 6.92 Å². The smallest absolute Gasteiger partial charge is 0.242 e. The maximum atomic E-state index is 12.0. The molecule has 1 atom stereocenters. The number of hydrogen-bond acceptors (Lipinski definition) is 3. The predicted molar refractivity (Wildman–Crippen MR) is 80.2 cm³/mol. The third-order valence-electron chi connectivity index (χ3n) is 3.17. The van der Waals surface area contributed by atoms with Gasteiger partial charge in [-0.15, -0.1) is 0 Å². The van der Waals surface area contributed by atoms with E-state index >= 15 is 0 Å². The van der Waals surface area contributed by atoms with Crippen LogP contribution < -0.4 is 10.6 Å². The van der Waals surface area contributed by atoms with Crippen LogP contribution in [0.2, 0.25) is 0 Å². The Morgan fingerprint density at radius 1 is 1.15 bits per heavy atom. The van der Waals surface area contributed by atoms with E-state index in [1.165, 1.54) is 0 Å². The summed E-state index contributed by atoms with van der Waals surface area (Å²) in [6.07, 6.45) is 1.56. The monoisotopic (exact) mass is 286 g/mol. The van der Waals surface area contributed by atoms with Gasteiger partial charge >= 0.3 is 0 Å². The van der Waals surface area contributed by atoms with Crippen molar-refractivity contribution < 1.29 is 14.7 Å². The standard InChI is InChI=1S/C15H30N2O3/c1-11(17-13(20)14(2,3)4)12(19)16-10-15(5,6)8-7-9-18/h11,18H,7-10H2,1-6H3,(H,16,19)(H,17,20). The highest BCUT2D eigenvalue weighted by Gasteiger charge is 2.26. The molecular formula is C15H30N2O3. The van der Waals surface area contributed by atoms with Crippen LogP contribution in [0.4, 0.5) is 0 Å². The van der Waals surface area contributed by atoms with Gasteiger partial charge in [-0.1, -0.05) is 34.6 Å². The predicted octanol–water partition coefficient (Wildman–Crippen LogP) is 1.45. The fourth-order valence-electron chi connectivity index (χ4n) is 1.60. The van der Waals surface area contributed by atoms with Crippen molar-refractivity contribution in [2.45, 2.75) is 60.4 Å². The first-order chi connectivity index (χ1) is 8.99. The lowest BCUT2D eigenvalue weighted by molar-refractivity contribution is -0.133. The second-order valence-electron chi connectivity index (χ2n) is 7.15. The minimum Gasteiger partial charge on any atom is -0.396 e. The second-order valence-corrected chi connectivity index (χ2v) is 7.15. The van der Waals surface area contributed by atoms with Crippen LogP contribution in [-0.2, 0) is 9.59 Å². The average Bonchev–Trinajstić information content (AvgIpc) is 2.32. The summed E-state index contributed by atoms with van der Waals surface area (Å²) in [5.74, 6) is -0.320. The lowest BCUT2D eigenvalue weighted by atomic mass is 9.88. The van der Waals surface area contributed by atoms with Crippen molar-refractivity contribution in [2.24, 2.45) is 10.8 Å². The summed E-state index contributed by atoms with van der Waals surface area (Å²) in [4.78, 5) is 23.8. The van der Waals surface area contributed by atoms with E-state index in [4.69, 9.17) is 5.11 Å². The van der Waals surface area contributed by atoms with E-state index in [1.807, 2.05) is 34.6 Å². The van der Waals surface area contributed by atoms with Crippen molar-refractivity contribution in [1.29, 1.82) is 0 Å². The Bertz CT molecular complexity index is 333. The third kappa shape index (κ3) is 7.48. The van der Waals surface area contributed by atoms with Gasteiger partial charge in [-0.05, 0) is 25.2 Å². The van der Waals surface area contributed by atoms with Gasteiger partial charge in [0.1, 0.15) is 6.04 Å². The van der Waals surface area contributed by atoms with Gasteiger partial charge in [-0.2, -0.15) is 0 Å². The summed E-state index contributed by atoms with van der Waals surface area (Å²) >= 11 is 0. The molecule has 0 aromatic carbocycles. The molecule has 0 aliphatic rings. The largest absolute Gasteiger partial charge is 0.396 e. The summed E-state index contributed by atoms with van der Waals surface area (Å²) < 4.78 is 0. The number of carbonyl (C=O) groups excluding carboxylic acids is 2. The maximum Gasteiger partial charge on any atom is 0.242 e. The first kappa shape index (κ1) is 18.9. The number of amides is 2. The molecule has 0 aromatic heterocycles. The lowest BCUT2D eigenvalue weighted by Gasteiger charge is -2.26. The lowest BCUT2D eigenvalue weighted by Crippen LogP contribution is -2.49. The molecule has 0 saturated heterocycles. The molecule has 0 heterocycles. The van der Waals surface area contributed by atoms with Crippen molar-refractivity contribution in [2.75, 3.05) is 13.2 Å². The number of aliphatic hydroxyl groups excluding tert-OH is 1. The van der Waals surface area contributed by atoms with Crippen molar-refractivity contribution >= 4 is 11.8 Å². The summed E-state index contributed by atoms with van der Waals surface area (Å²) in [5, 5.41) is 14.4. The fraction of sp³-hybridized carbons (Fsp3) is 0.867. The molecule has 0 radical (unpaired) electrons. The molecule has 0 rings (SSSR count). The first-order valence-corrected chi connectivity index (χ1v) is 7.19. The van der Waals surface area contributed by atoms with Gasteiger partial charge in [0.25, 0.3) is 0 Å². The van der Waals surface area contributed by atoms with Gasteiger partial charge in [0.2, 0.25) is 11.8 Å². The zero-order valence-corrected chi connectivity index (χ0v) is 13.7. The molecule has 0 aliphatic heterocycles. The van der Waals surface area contributed by atoms with Crippen LogP contribution in [0.3, 0.4) is 0 Å². The minimum atomic E-state index is -0.546. The number of nitrogens with one attached hydrogen (secondary N) is 2. The molecule has 0 bridgehead atoms. The molecule has 0 aromatic rings. The van der Waals surface area contributed by atoms with Crippen LogP contribution in [0.1, 0.15) is 54.4 Å². The van der Waals surface area contributed by atoms with Crippen LogP contribution in [0.15, 0.2) is 0 Å². The molecule has 3 N–H and O–H groups in total. The van der Waals surface area contributed by atoms with Crippen LogP contribution in [0.25, 0.3) is 0 Å². The molecule has 1 unspecified atom stereocenters. The molecular weight excluding hydrogens is 256 g/mol. The van der Waals surface area contributed by atoms with Gasteiger partial charge in [0.05, 0.1) is 0 Å². The second kappa shape index (κ2) is 7.62. The number of hydrogen-bond donors (Lipinski definition) is 3. The quantitative estimate of drug-likeness (QED) is 0.663. The van der Waals surface area contributed by atoms with Crippen LogP contribution in [-0.4, -0.2) is 36.1 Å². The van der Waals surface area contributed by atoms with Crippen LogP contribution in [0, 0.1) is 10.8 Å². The minimum absolute atomic E-state index is 0.0633. The van der Waals surface area contributed by atoms with Gasteiger partial charge in [-0.25, -0.2) is 0 Å². The van der Waals surface area contributed by atoms with E-state index in [9.17, 15) is 9.59 Å². The topological polar surface area (TPSA) is 78.4 Å². The Morgan fingerprint density at radius 3 is 2.15 bits per heavy atom. The zero-order valence-electron chi connectivity index (χ0n) is 13.7. The number of aliphatic hydroxyl groups is 1. The molecule has 118 valence electrons. The van der Waals surface area contributed by atoms with Crippen molar-refractivity contribution in [3.8, 4) is 0 Å². The summed E-state index contributed by atoms with van der Waals surface area (Å²) in [6, 6.07) is -0.546. The van der Waals surface area contributed by atoms with E-state index in [0.29, 0.717) is 6.54 Å². The SMILES string of the molecule is CC(NC(=O)C(C)(C)C)C(=O)NCC(C)(C)CCCO. The average molecular weight is 286 g/mol.